The van der Waals surface area contributed by atoms with Crippen molar-refractivity contribution in [1.29, 1.82) is 0 Å². The first kappa shape index (κ1) is 25.1. The first-order valence-corrected chi connectivity index (χ1v) is 11.7. The monoisotopic (exact) mass is 494 g/mol. The fourth-order valence-electron chi connectivity index (χ4n) is 4.24. The molecule has 0 bridgehead atoms. The minimum absolute atomic E-state index is 0.0122. The number of amides is 3. The summed E-state index contributed by atoms with van der Waals surface area (Å²) in [6.07, 6.45) is 1.12. The molecule has 1 aliphatic heterocycles. The number of hydrogen-bond acceptors (Lipinski definition) is 7. The molecule has 2 atom stereocenters. The Morgan fingerprint density at radius 3 is 2.53 bits per heavy atom. The predicted molar refractivity (Wildman–Crippen MR) is 130 cm³/mol. The van der Waals surface area contributed by atoms with E-state index < -0.39 is 29.6 Å². The molecule has 1 aromatic carbocycles. The lowest BCUT2D eigenvalue weighted by Crippen LogP contribution is -2.45. The van der Waals surface area contributed by atoms with Gasteiger partial charge in [0.2, 0.25) is 5.91 Å². The molecule has 0 spiro atoms. The number of hydrogen-bond donors (Lipinski definition) is 3. The molecule has 3 N–H and O–H groups in total. The molecule has 3 heterocycles. The molecule has 3 aromatic rings. The van der Waals surface area contributed by atoms with Crippen LogP contribution in [0.25, 0.3) is 11.2 Å². The zero-order valence-electron chi connectivity index (χ0n) is 20.7. The van der Waals surface area contributed by atoms with Crippen LogP contribution in [0.4, 0.5) is 4.79 Å². The second-order valence-corrected chi connectivity index (χ2v) is 9.84. The number of rotatable bonds is 5. The first-order chi connectivity index (χ1) is 17.1. The average Bonchev–Trinajstić information content (AvgIpc) is 3.39. The van der Waals surface area contributed by atoms with Crippen LogP contribution in [-0.4, -0.2) is 67.3 Å². The van der Waals surface area contributed by atoms with E-state index >= 15 is 0 Å². The number of imidazole rings is 1. The van der Waals surface area contributed by atoms with Crippen LogP contribution in [0, 0.1) is 12.8 Å². The molecule has 36 heavy (non-hydrogen) atoms. The van der Waals surface area contributed by atoms with Crippen LogP contribution in [0.1, 0.15) is 42.5 Å². The van der Waals surface area contributed by atoms with E-state index in [1.807, 2.05) is 31.2 Å². The minimum Gasteiger partial charge on any atom is -0.444 e. The van der Waals surface area contributed by atoms with Gasteiger partial charge in [0.15, 0.2) is 5.65 Å². The number of aryl methyl sites for hydroxylation is 1. The number of fused-ring (bicyclic) bond motifs is 1. The molecule has 0 radical (unpaired) electrons. The lowest BCUT2D eigenvalue weighted by Gasteiger charge is -2.24. The van der Waals surface area contributed by atoms with Gasteiger partial charge in [-0.3, -0.25) is 14.8 Å². The van der Waals surface area contributed by atoms with E-state index in [4.69, 9.17) is 9.94 Å². The van der Waals surface area contributed by atoms with Crippen LogP contribution < -0.4 is 10.8 Å². The van der Waals surface area contributed by atoms with E-state index in [2.05, 4.69) is 19.9 Å². The number of aromatic nitrogens is 3. The highest BCUT2D eigenvalue weighted by atomic mass is 16.6. The van der Waals surface area contributed by atoms with Crippen molar-refractivity contribution in [2.24, 2.45) is 5.92 Å². The Hall–Kier alpha value is -3.99. The summed E-state index contributed by atoms with van der Waals surface area (Å²) in [5.74, 6) is -1.05. The third kappa shape index (κ3) is 5.46. The van der Waals surface area contributed by atoms with Crippen molar-refractivity contribution in [2.75, 3.05) is 13.1 Å². The average molecular weight is 495 g/mol. The van der Waals surface area contributed by atoms with E-state index in [1.165, 1.54) is 4.90 Å². The summed E-state index contributed by atoms with van der Waals surface area (Å²) in [6.45, 7) is 7.82. The Bertz CT molecular complexity index is 1280. The van der Waals surface area contributed by atoms with Crippen LogP contribution in [0.2, 0.25) is 0 Å². The van der Waals surface area contributed by atoms with Crippen molar-refractivity contribution in [1.82, 2.24) is 30.2 Å². The number of nitrogens with one attached hydrogen (secondary N) is 2. The number of hydroxylamine groups is 1. The molecule has 1 saturated heterocycles. The van der Waals surface area contributed by atoms with E-state index in [0.717, 1.165) is 16.9 Å². The number of nitrogens with zero attached hydrogens (tertiary/aromatic N) is 4. The lowest BCUT2D eigenvalue weighted by atomic mass is 10.0. The number of carbonyl (C=O) groups is 3. The van der Waals surface area contributed by atoms with Gasteiger partial charge < -0.3 is 19.5 Å². The fourth-order valence-corrected chi connectivity index (χ4v) is 4.24. The van der Waals surface area contributed by atoms with Crippen molar-refractivity contribution in [3.8, 4) is 0 Å². The summed E-state index contributed by atoms with van der Waals surface area (Å²) in [4.78, 5) is 47.8. The zero-order valence-corrected chi connectivity index (χ0v) is 20.7. The molecule has 11 heteroatoms. The van der Waals surface area contributed by atoms with Crippen LogP contribution in [-0.2, 0) is 16.1 Å². The molecule has 2 aromatic heterocycles. The third-order valence-corrected chi connectivity index (χ3v) is 6.01. The second kappa shape index (κ2) is 9.94. The number of likely N-dealkylation sites (tertiary alicyclic amines) is 1. The van der Waals surface area contributed by atoms with E-state index in [-0.39, 0.29) is 19.0 Å². The van der Waals surface area contributed by atoms with Crippen molar-refractivity contribution in [3.05, 3.63) is 59.5 Å². The molecule has 0 saturated carbocycles. The maximum Gasteiger partial charge on any atom is 0.410 e. The van der Waals surface area contributed by atoms with Gasteiger partial charge in [0, 0.05) is 31.4 Å². The second-order valence-electron chi connectivity index (χ2n) is 9.84. The normalized spacial score (nSPS) is 17.8. The van der Waals surface area contributed by atoms with Gasteiger partial charge in [-0.05, 0) is 57.5 Å². The molecular weight excluding hydrogens is 464 g/mol. The molecule has 11 nitrogen and oxygen atoms in total. The minimum atomic E-state index is -0.822. The molecule has 190 valence electrons. The van der Waals surface area contributed by atoms with Crippen molar-refractivity contribution >= 4 is 29.1 Å². The molecule has 0 aliphatic carbocycles. The predicted octanol–water partition coefficient (Wildman–Crippen LogP) is 2.26. The summed E-state index contributed by atoms with van der Waals surface area (Å²) in [6, 6.07) is 10.3. The third-order valence-electron chi connectivity index (χ3n) is 6.01. The van der Waals surface area contributed by atoms with Crippen LogP contribution in [0.15, 0.2) is 42.6 Å². The SMILES string of the molecule is Cc1nc2ncccc2n1Cc1ccc(C(=O)N[C@@H]2CN(C(=O)OC(C)(C)C)C[C@@H]2C(=O)NO)cc1. The highest BCUT2D eigenvalue weighted by Gasteiger charge is 2.41. The molecular formula is C25H30N6O5. The number of benzene rings is 1. The zero-order chi connectivity index (χ0) is 26.0. The molecule has 4 rings (SSSR count). The Morgan fingerprint density at radius 2 is 1.86 bits per heavy atom. The van der Waals surface area contributed by atoms with Gasteiger partial charge in [-0.15, -0.1) is 0 Å². The summed E-state index contributed by atoms with van der Waals surface area (Å²) < 4.78 is 7.44. The quantitative estimate of drug-likeness (QED) is 0.365. The van der Waals surface area contributed by atoms with Gasteiger partial charge in [0.25, 0.3) is 5.91 Å². The standard InChI is InChI=1S/C25H30N6O5/c1-15-27-21-20(6-5-11-26-21)31(15)12-16-7-9-17(10-8-16)22(32)28-19-14-30(13-18(19)23(33)29-35)24(34)36-25(2,3)4/h5-11,18-19,35H,12-14H2,1-4H3,(H,28,32)(H,29,33)/t18-,19+/m0/s1. The maximum absolute atomic E-state index is 13.0. The smallest absolute Gasteiger partial charge is 0.410 e. The van der Waals surface area contributed by atoms with Crippen LogP contribution in [0.5, 0.6) is 0 Å². The maximum atomic E-state index is 13.0. The summed E-state index contributed by atoms with van der Waals surface area (Å²) >= 11 is 0. The summed E-state index contributed by atoms with van der Waals surface area (Å²) in [7, 11) is 0. The van der Waals surface area contributed by atoms with Crippen molar-refractivity contribution < 1.29 is 24.3 Å². The Kier molecular flexibility index (Phi) is 6.93. The van der Waals surface area contributed by atoms with Gasteiger partial charge >= 0.3 is 6.09 Å². The summed E-state index contributed by atoms with van der Waals surface area (Å²) in [5.41, 5.74) is 3.92. The van der Waals surface area contributed by atoms with E-state index in [9.17, 15) is 14.4 Å². The van der Waals surface area contributed by atoms with Crippen molar-refractivity contribution in [2.45, 2.75) is 45.9 Å². The number of pyridine rings is 1. The molecule has 3 amide bonds. The van der Waals surface area contributed by atoms with Gasteiger partial charge in [-0.2, -0.15) is 0 Å². The van der Waals surface area contributed by atoms with Gasteiger partial charge in [0.05, 0.1) is 17.5 Å². The van der Waals surface area contributed by atoms with E-state index in [0.29, 0.717) is 17.8 Å². The van der Waals surface area contributed by atoms with Gasteiger partial charge in [-0.25, -0.2) is 20.2 Å². The van der Waals surface area contributed by atoms with Crippen LogP contribution >= 0.6 is 0 Å². The Morgan fingerprint density at radius 1 is 1.14 bits per heavy atom. The lowest BCUT2D eigenvalue weighted by molar-refractivity contribution is -0.133. The van der Waals surface area contributed by atoms with Crippen molar-refractivity contribution in [3.63, 3.8) is 0 Å². The first-order valence-electron chi connectivity index (χ1n) is 11.7. The fraction of sp³-hybridized carbons (Fsp3) is 0.400. The highest BCUT2D eigenvalue weighted by Crippen LogP contribution is 2.21. The number of ether oxygens (including phenoxy) is 1. The van der Waals surface area contributed by atoms with E-state index in [1.54, 1.807) is 44.6 Å². The van der Waals surface area contributed by atoms with Gasteiger partial charge in [0.1, 0.15) is 11.4 Å². The van der Waals surface area contributed by atoms with Gasteiger partial charge in [-0.1, -0.05) is 12.1 Å². The molecule has 0 unspecified atom stereocenters. The molecule has 1 aliphatic rings. The highest BCUT2D eigenvalue weighted by molar-refractivity contribution is 5.95. The Balaban J connectivity index is 1.44. The largest absolute Gasteiger partial charge is 0.444 e. The Labute approximate surface area is 208 Å². The topological polar surface area (TPSA) is 139 Å². The number of carbonyl (C=O) groups excluding carboxylic acids is 3. The molecule has 1 fully saturated rings. The van der Waals surface area contributed by atoms with Crippen LogP contribution in [0.3, 0.4) is 0 Å². The summed E-state index contributed by atoms with van der Waals surface area (Å²) in [5, 5.41) is 12.0.